The third-order valence-electron chi connectivity index (χ3n) is 3.66. The molecule has 1 unspecified atom stereocenters. The van der Waals surface area contributed by atoms with Crippen LogP contribution in [-0.2, 0) is 4.79 Å². The highest BCUT2D eigenvalue weighted by Gasteiger charge is 2.21. The lowest BCUT2D eigenvalue weighted by Gasteiger charge is -2.34. The van der Waals surface area contributed by atoms with E-state index in [1.165, 1.54) is 0 Å². The number of benzene rings is 1. The average molecular weight is 334 g/mol. The second-order valence-electron chi connectivity index (χ2n) is 5.43. The van der Waals surface area contributed by atoms with Crippen molar-refractivity contribution < 1.29 is 4.79 Å². The maximum atomic E-state index is 12.1. The van der Waals surface area contributed by atoms with E-state index in [1.54, 1.807) is 0 Å². The third kappa shape index (κ3) is 5.78. The number of guanidine groups is 1. The quantitative estimate of drug-likeness (QED) is 0.641. The molecule has 6 heteroatoms. The molecule has 1 aliphatic heterocycles. The number of nitrogens with zero attached hydrogens (tertiary/aromatic N) is 2. The molecule has 1 amide bonds. The minimum atomic E-state index is -0.0926. The maximum absolute atomic E-state index is 12.1. The first kappa shape index (κ1) is 17.7. The molecular weight excluding hydrogens is 308 g/mol. The smallest absolute Gasteiger partial charge is 0.246 e. The first-order chi connectivity index (χ1) is 11.2. The number of para-hydroxylation sites is 1. The largest absolute Gasteiger partial charge is 0.357 e. The number of anilines is 1. The van der Waals surface area contributed by atoms with E-state index in [1.807, 2.05) is 42.1 Å². The molecule has 1 aromatic rings. The fraction of sp³-hybridized carbons (Fsp3) is 0.529. The molecule has 1 saturated heterocycles. The van der Waals surface area contributed by atoms with Gasteiger partial charge in [0.15, 0.2) is 5.96 Å². The van der Waals surface area contributed by atoms with Gasteiger partial charge in [-0.15, -0.1) is 0 Å². The Labute approximate surface area is 142 Å². The van der Waals surface area contributed by atoms with Crippen molar-refractivity contribution in [2.45, 2.75) is 25.5 Å². The lowest BCUT2D eigenvalue weighted by molar-refractivity contribution is -0.114. The zero-order valence-corrected chi connectivity index (χ0v) is 14.7. The van der Waals surface area contributed by atoms with Crippen LogP contribution in [0.2, 0.25) is 0 Å². The van der Waals surface area contributed by atoms with Gasteiger partial charge in [0.1, 0.15) is 6.54 Å². The molecule has 2 rings (SSSR count). The minimum absolute atomic E-state index is 0.0926. The topological polar surface area (TPSA) is 56.7 Å². The Bertz CT molecular complexity index is 521. The first-order valence-corrected chi connectivity index (χ1v) is 9.27. The Morgan fingerprint density at radius 3 is 2.83 bits per heavy atom. The van der Waals surface area contributed by atoms with Crippen molar-refractivity contribution >= 4 is 29.3 Å². The van der Waals surface area contributed by atoms with Gasteiger partial charge in [-0.05, 0) is 25.5 Å². The number of carbonyl (C=O) groups excluding carboxylic acids is 1. The van der Waals surface area contributed by atoms with Crippen LogP contribution in [0, 0.1) is 0 Å². The standard InChI is InChI=1S/C17H26N4OS/c1-3-15-13-21(10-11-23-15)17(18-4-2)19-12-16(22)20-14-8-6-5-7-9-14/h5-9,15H,3-4,10-13H2,1-2H3,(H,18,19)(H,20,22). The summed E-state index contributed by atoms with van der Waals surface area (Å²) in [4.78, 5) is 18.8. The van der Waals surface area contributed by atoms with Gasteiger partial charge in [0.2, 0.25) is 5.91 Å². The van der Waals surface area contributed by atoms with Gasteiger partial charge in [0.05, 0.1) is 0 Å². The van der Waals surface area contributed by atoms with Gasteiger partial charge in [0, 0.05) is 36.3 Å². The molecule has 0 saturated carbocycles. The van der Waals surface area contributed by atoms with Crippen molar-refractivity contribution in [2.24, 2.45) is 4.99 Å². The molecule has 1 fully saturated rings. The summed E-state index contributed by atoms with van der Waals surface area (Å²) >= 11 is 2.02. The predicted octanol–water partition coefficient (Wildman–Crippen LogP) is 2.42. The van der Waals surface area contributed by atoms with Gasteiger partial charge in [-0.3, -0.25) is 4.79 Å². The fourth-order valence-electron chi connectivity index (χ4n) is 2.45. The summed E-state index contributed by atoms with van der Waals surface area (Å²) in [6, 6.07) is 9.48. The van der Waals surface area contributed by atoms with Gasteiger partial charge in [-0.1, -0.05) is 25.1 Å². The van der Waals surface area contributed by atoms with Crippen LogP contribution in [-0.4, -0.2) is 53.9 Å². The predicted molar refractivity (Wildman–Crippen MR) is 99.2 cm³/mol. The van der Waals surface area contributed by atoms with E-state index < -0.39 is 0 Å². The highest BCUT2D eigenvalue weighted by molar-refractivity contribution is 8.00. The SMILES string of the molecule is CCNC(=NCC(=O)Nc1ccccc1)N1CCSC(CC)C1. The first-order valence-electron chi connectivity index (χ1n) is 8.22. The molecule has 0 radical (unpaired) electrons. The average Bonchev–Trinajstić information content (AvgIpc) is 2.59. The molecule has 1 heterocycles. The van der Waals surface area contributed by atoms with Gasteiger partial charge in [-0.2, -0.15) is 11.8 Å². The van der Waals surface area contributed by atoms with Crippen molar-refractivity contribution in [2.75, 3.05) is 37.2 Å². The van der Waals surface area contributed by atoms with Crippen LogP contribution in [0.3, 0.4) is 0 Å². The number of nitrogens with one attached hydrogen (secondary N) is 2. The molecule has 1 aliphatic rings. The Morgan fingerprint density at radius 2 is 2.13 bits per heavy atom. The number of thioether (sulfide) groups is 1. The fourth-order valence-corrected chi connectivity index (χ4v) is 3.63. The summed E-state index contributed by atoms with van der Waals surface area (Å²) in [7, 11) is 0. The molecule has 0 aliphatic carbocycles. The Morgan fingerprint density at radius 1 is 1.35 bits per heavy atom. The van der Waals surface area contributed by atoms with Crippen molar-refractivity contribution in [1.29, 1.82) is 0 Å². The van der Waals surface area contributed by atoms with Crippen molar-refractivity contribution in [3.63, 3.8) is 0 Å². The molecule has 0 spiro atoms. The number of hydrogen-bond acceptors (Lipinski definition) is 3. The van der Waals surface area contributed by atoms with E-state index >= 15 is 0 Å². The van der Waals surface area contributed by atoms with E-state index in [4.69, 9.17) is 0 Å². The van der Waals surface area contributed by atoms with E-state index in [9.17, 15) is 4.79 Å². The molecule has 0 bridgehead atoms. The number of hydrogen-bond donors (Lipinski definition) is 2. The summed E-state index contributed by atoms with van der Waals surface area (Å²) in [6.07, 6.45) is 1.16. The van der Waals surface area contributed by atoms with E-state index in [0.717, 1.165) is 43.5 Å². The van der Waals surface area contributed by atoms with Crippen LogP contribution >= 0.6 is 11.8 Å². The molecule has 2 N–H and O–H groups in total. The normalized spacial score (nSPS) is 18.6. The van der Waals surface area contributed by atoms with Crippen LogP contribution in [0.4, 0.5) is 5.69 Å². The monoisotopic (exact) mass is 334 g/mol. The van der Waals surface area contributed by atoms with Crippen LogP contribution in [0.5, 0.6) is 0 Å². The minimum Gasteiger partial charge on any atom is -0.357 e. The lowest BCUT2D eigenvalue weighted by Crippen LogP contribution is -2.48. The van der Waals surface area contributed by atoms with Crippen molar-refractivity contribution in [1.82, 2.24) is 10.2 Å². The number of rotatable bonds is 5. The van der Waals surface area contributed by atoms with Gasteiger partial charge in [0.25, 0.3) is 0 Å². The molecule has 126 valence electrons. The van der Waals surface area contributed by atoms with Crippen LogP contribution in [0.1, 0.15) is 20.3 Å². The summed E-state index contributed by atoms with van der Waals surface area (Å²) in [6.45, 7) is 7.19. The maximum Gasteiger partial charge on any atom is 0.246 e. The summed E-state index contributed by atoms with van der Waals surface area (Å²) < 4.78 is 0. The van der Waals surface area contributed by atoms with Crippen molar-refractivity contribution in [3.05, 3.63) is 30.3 Å². The van der Waals surface area contributed by atoms with E-state index in [0.29, 0.717) is 5.25 Å². The Hall–Kier alpha value is -1.69. The summed E-state index contributed by atoms with van der Waals surface area (Å²) in [5.41, 5.74) is 0.804. The van der Waals surface area contributed by atoms with Crippen molar-refractivity contribution in [3.8, 4) is 0 Å². The van der Waals surface area contributed by atoms with Gasteiger partial charge >= 0.3 is 0 Å². The second-order valence-corrected chi connectivity index (χ2v) is 6.84. The molecule has 5 nitrogen and oxygen atoms in total. The third-order valence-corrected chi connectivity index (χ3v) is 5.03. The highest BCUT2D eigenvalue weighted by Crippen LogP contribution is 2.21. The second kappa shape index (κ2) is 9.45. The molecular formula is C17H26N4OS. The molecule has 0 aromatic heterocycles. The molecule has 23 heavy (non-hydrogen) atoms. The van der Waals surface area contributed by atoms with Gasteiger partial charge < -0.3 is 15.5 Å². The highest BCUT2D eigenvalue weighted by atomic mass is 32.2. The summed E-state index contributed by atoms with van der Waals surface area (Å²) in [5, 5.41) is 6.81. The Kier molecular flexibility index (Phi) is 7.26. The van der Waals surface area contributed by atoms with Crippen LogP contribution < -0.4 is 10.6 Å². The zero-order chi connectivity index (χ0) is 16.5. The van der Waals surface area contributed by atoms with Gasteiger partial charge in [-0.25, -0.2) is 4.99 Å². The van der Waals surface area contributed by atoms with Crippen LogP contribution in [0.15, 0.2) is 35.3 Å². The summed E-state index contributed by atoms with van der Waals surface area (Å²) in [5.74, 6) is 1.86. The lowest BCUT2D eigenvalue weighted by atomic mass is 10.3. The number of carbonyl (C=O) groups is 1. The van der Waals surface area contributed by atoms with Crippen LogP contribution in [0.25, 0.3) is 0 Å². The van der Waals surface area contributed by atoms with E-state index in [-0.39, 0.29) is 12.5 Å². The number of aliphatic imine (C=N–C) groups is 1. The molecule has 1 atom stereocenters. The van der Waals surface area contributed by atoms with E-state index in [2.05, 4.69) is 34.4 Å². The number of amides is 1. The Balaban J connectivity index is 1.93. The molecule has 1 aromatic carbocycles. The zero-order valence-electron chi connectivity index (χ0n) is 13.9.